The van der Waals surface area contributed by atoms with E-state index in [2.05, 4.69) is 21.4 Å². The molecule has 0 radical (unpaired) electrons. The Hall–Kier alpha value is -3.64. The summed E-state index contributed by atoms with van der Waals surface area (Å²) < 4.78 is 5.25. The summed E-state index contributed by atoms with van der Waals surface area (Å²) in [6.45, 7) is 3.85. The monoisotopic (exact) mass is 421 g/mol. The number of hydrogen-bond donors (Lipinski definition) is 3. The molecule has 0 saturated carbocycles. The number of nitrogens with zero attached hydrogens (tertiary/aromatic N) is 4. The maximum atomic E-state index is 11.9. The van der Waals surface area contributed by atoms with Gasteiger partial charge in [-0.1, -0.05) is 6.07 Å². The van der Waals surface area contributed by atoms with Crippen LogP contribution in [0.5, 0.6) is 0 Å². The van der Waals surface area contributed by atoms with Crippen LogP contribution >= 0.6 is 0 Å². The minimum absolute atomic E-state index is 0.00821. The van der Waals surface area contributed by atoms with Gasteiger partial charge in [0.15, 0.2) is 0 Å². The minimum Gasteiger partial charge on any atom is -0.404 e. The summed E-state index contributed by atoms with van der Waals surface area (Å²) in [5.41, 5.74) is 16.1. The Balaban J connectivity index is 1.94. The summed E-state index contributed by atoms with van der Waals surface area (Å²) in [5, 5.41) is 13.1. The molecule has 0 bridgehead atoms. The zero-order valence-corrected chi connectivity index (χ0v) is 17.8. The highest BCUT2D eigenvalue weighted by molar-refractivity contribution is 6.10. The third kappa shape index (κ3) is 5.10. The van der Waals surface area contributed by atoms with Gasteiger partial charge in [-0.2, -0.15) is 5.26 Å². The number of amidine groups is 1. The smallest absolute Gasteiger partial charge is 0.219 e. The summed E-state index contributed by atoms with van der Waals surface area (Å²) in [7, 11) is 1.64. The maximum Gasteiger partial charge on any atom is 0.219 e. The molecule has 162 valence electrons. The second-order valence-corrected chi connectivity index (χ2v) is 7.37. The number of allylic oxidation sites excluding steroid dienone is 1. The first-order valence-electron chi connectivity index (χ1n) is 10.0. The molecule has 1 amide bonds. The van der Waals surface area contributed by atoms with Crippen LogP contribution in [0.3, 0.4) is 0 Å². The lowest BCUT2D eigenvalue weighted by Crippen LogP contribution is -2.49. The van der Waals surface area contributed by atoms with Crippen molar-refractivity contribution in [2.75, 3.05) is 33.4 Å². The van der Waals surface area contributed by atoms with Crippen molar-refractivity contribution in [3.63, 3.8) is 0 Å². The molecule has 0 aromatic heterocycles. The Kier molecular flexibility index (Phi) is 7.05. The SMILES string of the molecule is CN=CC(=CN)c1ccc(N=C(N)C2=C(NC3COC3)CCN(C(C)=O)C2)cc1C#N. The highest BCUT2D eigenvalue weighted by Crippen LogP contribution is 2.25. The molecule has 0 unspecified atom stereocenters. The van der Waals surface area contributed by atoms with Crippen LogP contribution in [0.1, 0.15) is 24.5 Å². The largest absolute Gasteiger partial charge is 0.404 e. The summed E-state index contributed by atoms with van der Waals surface area (Å²) in [6, 6.07) is 7.62. The van der Waals surface area contributed by atoms with E-state index in [1.54, 1.807) is 43.3 Å². The van der Waals surface area contributed by atoms with E-state index in [0.717, 1.165) is 11.3 Å². The predicted octanol–water partition coefficient (Wildman–Crippen LogP) is 1.04. The number of nitriles is 1. The third-order valence-corrected chi connectivity index (χ3v) is 5.25. The van der Waals surface area contributed by atoms with E-state index in [9.17, 15) is 10.1 Å². The molecule has 1 aromatic carbocycles. The molecule has 3 rings (SSSR count). The predicted molar refractivity (Wildman–Crippen MR) is 121 cm³/mol. The standard InChI is InChI=1S/C22H27N7O2/c1-14(30)29-6-5-21(27-18-12-31-13-18)20(11-29)22(25)28-17-3-4-19(15(7-17)8-23)16(9-24)10-26-2/h3-4,7,9-10,18,27H,5-6,11-13,24H2,1-2H3,(H2,25,28). The van der Waals surface area contributed by atoms with Gasteiger partial charge in [0.1, 0.15) is 5.84 Å². The molecule has 1 saturated heterocycles. The number of carbonyl (C=O) groups excluding carboxylic acids is 1. The van der Waals surface area contributed by atoms with Crippen LogP contribution in [-0.4, -0.2) is 62.3 Å². The van der Waals surface area contributed by atoms with Crippen molar-refractivity contribution in [2.45, 2.75) is 19.4 Å². The fourth-order valence-corrected chi connectivity index (χ4v) is 3.49. The number of benzene rings is 1. The quantitative estimate of drug-likeness (QED) is 0.463. The van der Waals surface area contributed by atoms with Crippen LogP contribution in [0.2, 0.25) is 0 Å². The highest BCUT2D eigenvalue weighted by Gasteiger charge is 2.26. The van der Waals surface area contributed by atoms with Crippen molar-refractivity contribution in [1.29, 1.82) is 5.26 Å². The Morgan fingerprint density at radius 3 is 2.77 bits per heavy atom. The molecule has 0 aliphatic carbocycles. The normalized spacial score (nSPS) is 18.2. The number of nitrogens with one attached hydrogen (secondary N) is 1. The number of amides is 1. The van der Waals surface area contributed by atoms with Crippen molar-refractivity contribution in [3.05, 3.63) is 46.8 Å². The van der Waals surface area contributed by atoms with Gasteiger partial charge >= 0.3 is 0 Å². The van der Waals surface area contributed by atoms with Crippen molar-refractivity contribution < 1.29 is 9.53 Å². The summed E-state index contributed by atoms with van der Waals surface area (Å²) in [5.74, 6) is 0.307. The van der Waals surface area contributed by atoms with Crippen molar-refractivity contribution >= 4 is 29.2 Å². The van der Waals surface area contributed by atoms with Crippen LogP contribution < -0.4 is 16.8 Å². The molecular weight excluding hydrogens is 394 g/mol. The van der Waals surface area contributed by atoms with Gasteiger partial charge in [-0.3, -0.25) is 9.79 Å². The lowest BCUT2D eigenvalue weighted by molar-refractivity contribution is -0.128. The van der Waals surface area contributed by atoms with Crippen LogP contribution in [-0.2, 0) is 9.53 Å². The first kappa shape index (κ1) is 22.1. The fraction of sp³-hybridized carbons (Fsp3) is 0.364. The number of ether oxygens (including phenoxy) is 1. The first-order valence-corrected chi connectivity index (χ1v) is 10.0. The zero-order chi connectivity index (χ0) is 22.4. The summed E-state index contributed by atoms with van der Waals surface area (Å²) >= 11 is 0. The van der Waals surface area contributed by atoms with Gasteiger partial charge in [-0.25, -0.2) is 4.99 Å². The van der Waals surface area contributed by atoms with E-state index < -0.39 is 0 Å². The molecule has 2 aliphatic heterocycles. The second kappa shape index (κ2) is 9.91. The lowest BCUT2D eigenvalue weighted by atomic mass is 10.0. The molecule has 1 aromatic rings. The molecule has 0 spiro atoms. The number of hydrogen-bond acceptors (Lipinski definition) is 7. The van der Waals surface area contributed by atoms with Gasteiger partial charge in [0.2, 0.25) is 5.91 Å². The molecule has 2 heterocycles. The Morgan fingerprint density at radius 1 is 1.42 bits per heavy atom. The van der Waals surface area contributed by atoms with Gasteiger partial charge in [-0.05, 0) is 12.1 Å². The van der Waals surface area contributed by atoms with E-state index in [0.29, 0.717) is 60.9 Å². The van der Waals surface area contributed by atoms with Crippen LogP contribution in [0, 0.1) is 11.3 Å². The third-order valence-electron chi connectivity index (χ3n) is 5.25. The van der Waals surface area contributed by atoms with Crippen molar-refractivity contribution in [1.82, 2.24) is 10.2 Å². The van der Waals surface area contributed by atoms with Gasteiger partial charge in [0.05, 0.1) is 43.1 Å². The van der Waals surface area contributed by atoms with Gasteiger partial charge in [-0.15, -0.1) is 0 Å². The molecule has 9 heteroatoms. The Morgan fingerprint density at radius 2 is 2.19 bits per heavy atom. The zero-order valence-electron chi connectivity index (χ0n) is 17.8. The highest BCUT2D eigenvalue weighted by atomic mass is 16.5. The average Bonchev–Trinajstić information content (AvgIpc) is 2.74. The van der Waals surface area contributed by atoms with E-state index in [1.165, 1.54) is 6.20 Å². The van der Waals surface area contributed by atoms with Crippen LogP contribution in [0.25, 0.3) is 5.57 Å². The molecular formula is C22H27N7O2. The Bertz CT molecular complexity index is 1010. The van der Waals surface area contributed by atoms with E-state index in [1.807, 2.05) is 0 Å². The number of aliphatic imine (C=N–C) groups is 2. The molecule has 5 N–H and O–H groups in total. The van der Waals surface area contributed by atoms with E-state index in [-0.39, 0.29) is 11.9 Å². The van der Waals surface area contributed by atoms with E-state index >= 15 is 0 Å². The fourth-order valence-electron chi connectivity index (χ4n) is 3.49. The average molecular weight is 422 g/mol. The van der Waals surface area contributed by atoms with Crippen LogP contribution in [0.4, 0.5) is 5.69 Å². The minimum atomic E-state index is -0.00821. The summed E-state index contributed by atoms with van der Waals surface area (Å²) in [4.78, 5) is 22.2. The number of carbonyl (C=O) groups is 1. The van der Waals surface area contributed by atoms with Crippen molar-refractivity contribution in [2.24, 2.45) is 21.5 Å². The Labute approximate surface area is 181 Å². The molecule has 0 atom stereocenters. The van der Waals surface area contributed by atoms with E-state index in [4.69, 9.17) is 16.2 Å². The number of rotatable bonds is 6. The van der Waals surface area contributed by atoms with Gasteiger partial charge in [0, 0.05) is 61.8 Å². The lowest BCUT2D eigenvalue weighted by Gasteiger charge is -2.35. The molecule has 9 nitrogen and oxygen atoms in total. The van der Waals surface area contributed by atoms with Gasteiger partial charge < -0.3 is 26.4 Å². The molecule has 31 heavy (non-hydrogen) atoms. The van der Waals surface area contributed by atoms with Crippen LogP contribution in [0.15, 0.2) is 45.7 Å². The first-order chi connectivity index (χ1) is 15.0. The van der Waals surface area contributed by atoms with Gasteiger partial charge in [0.25, 0.3) is 0 Å². The second-order valence-electron chi connectivity index (χ2n) is 7.37. The number of nitrogens with two attached hydrogens (primary N) is 2. The topological polar surface area (TPSA) is 142 Å². The molecule has 1 fully saturated rings. The van der Waals surface area contributed by atoms with Crippen molar-refractivity contribution in [3.8, 4) is 6.07 Å². The molecule has 2 aliphatic rings. The summed E-state index contributed by atoms with van der Waals surface area (Å²) in [6.07, 6.45) is 3.68. The maximum absolute atomic E-state index is 11.9.